The van der Waals surface area contributed by atoms with Crippen molar-refractivity contribution in [3.8, 4) is 67.5 Å². The second-order valence-electron chi connectivity index (χ2n) is 21.0. The summed E-state index contributed by atoms with van der Waals surface area (Å²) in [6, 6.07) is 51.2. The molecule has 0 saturated carbocycles. The third-order valence-corrected chi connectivity index (χ3v) is 12.1. The summed E-state index contributed by atoms with van der Waals surface area (Å²) < 4.78 is 2.30. The van der Waals surface area contributed by atoms with Crippen LogP contribution in [0.1, 0.15) is 105 Å². The maximum absolute atomic E-state index is 12.5. The number of pyridine rings is 1. The topological polar surface area (TPSA) is 50.9 Å². The number of imidazole rings is 1. The predicted octanol–water partition coefficient (Wildman–Crippen LogP) is 15.4. The summed E-state index contributed by atoms with van der Waals surface area (Å²) in [6.45, 7) is 26.7. The Morgan fingerprint density at radius 3 is 1.71 bits per heavy atom. The van der Waals surface area contributed by atoms with Gasteiger partial charge in [-0.15, -0.1) is 29.3 Å². The molecule has 0 radical (unpaired) electrons. The Bertz CT molecular complexity index is 2930. The van der Waals surface area contributed by atoms with Gasteiger partial charge in [0.1, 0.15) is 11.6 Å². The molecule has 0 atom stereocenters. The van der Waals surface area contributed by atoms with Gasteiger partial charge in [-0.25, -0.2) is 4.98 Å². The molecule has 2 aromatic heterocycles. The van der Waals surface area contributed by atoms with E-state index in [2.05, 4.69) is 221 Å². The molecule has 4 nitrogen and oxygen atoms in total. The number of hydrogen-bond donors (Lipinski definition) is 1. The Hall–Kier alpha value is -5.57. The molecule has 1 N–H and O–H groups in total. The van der Waals surface area contributed by atoms with E-state index in [1.54, 1.807) is 0 Å². The summed E-state index contributed by atoms with van der Waals surface area (Å²) in [7, 11) is 0. The molecular formula is C58H60N3OPt-. The van der Waals surface area contributed by atoms with Crippen LogP contribution in [-0.4, -0.2) is 19.6 Å². The van der Waals surface area contributed by atoms with E-state index in [9.17, 15) is 5.11 Å². The van der Waals surface area contributed by atoms with Crippen molar-refractivity contribution in [2.45, 2.75) is 105 Å². The van der Waals surface area contributed by atoms with Crippen molar-refractivity contribution in [3.63, 3.8) is 0 Å². The number of aromatic nitrogens is 3. The van der Waals surface area contributed by atoms with E-state index in [4.69, 9.17) is 9.97 Å². The van der Waals surface area contributed by atoms with Crippen LogP contribution in [0.5, 0.6) is 5.75 Å². The third-order valence-electron chi connectivity index (χ3n) is 12.1. The van der Waals surface area contributed by atoms with E-state index in [-0.39, 0.29) is 48.5 Å². The van der Waals surface area contributed by atoms with Crippen molar-refractivity contribution in [3.05, 3.63) is 168 Å². The fraction of sp³-hybridized carbons (Fsp3) is 0.276. The van der Waals surface area contributed by atoms with Crippen LogP contribution in [0.4, 0.5) is 0 Å². The minimum Gasteiger partial charge on any atom is -0.507 e. The van der Waals surface area contributed by atoms with Gasteiger partial charge in [0.25, 0.3) is 0 Å². The Morgan fingerprint density at radius 1 is 0.492 bits per heavy atom. The van der Waals surface area contributed by atoms with Gasteiger partial charge in [-0.1, -0.05) is 191 Å². The third kappa shape index (κ3) is 9.11. The van der Waals surface area contributed by atoms with E-state index in [1.165, 1.54) is 11.1 Å². The van der Waals surface area contributed by atoms with Gasteiger partial charge in [0, 0.05) is 44.1 Å². The van der Waals surface area contributed by atoms with Gasteiger partial charge in [-0.2, -0.15) is 0 Å². The van der Waals surface area contributed by atoms with Crippen LogP contribution in [0.25, 0.3) is 72.7 Å². The van der Waals surface area contributed by atoms with E-state index >= 15 is 0 Å². The molecule has 6 aromatic carbocycles. The molecular weight excluding hydrogens is 950 g/mol. The van der Waals surface area contributed by atoms with Gasteiger partial charge in [0.2, 0.25) is 0 Å². The molecule has 2 heterocycles. The van der Waals surface area contributed by atoms with Crippen molar-refractivity contribution in [2.24, 2.45) is 0 Å². The predicted molar refractivity (Wildman–Crippen MR) is 261 cm³/mol. The first-order chi connectivity index (χ1) is 29.2. The van der Waals surface area contributed by atoms with Gasteiger partial charge >= 0.3 is 0 Å². The van der Waals surface area contributed by atoms with Gasteiger partial charge in [-0.3, -0.25) is 9.55 Å². The normalized spacial score (nSPS) is 12.4. The van der Waals surface area contributed by atoms with Crippen LogP contribution in [0.3, 0.4) is 0 Å². The van der Waals surface area contributed by atoms with Crippen molar-refractivity contribution in [1.82, 2.24) is 14.5 Å². The monoisotopic (exact) mass is 1010 g/mol. The van der Waals surface area contributed by atoms with Crippen molar-refractivity contribution >= 4 is 11.0 Å². The number of rotatable bonds is 6. The minimum atomic E-state index is -0.325. The van der Waals surface area contributed by atoms with Crippen LogP contribution in [-0.2, 0) is 42.7 Å². The van der Waals surface area contributed by atoms with Gasteiger partial charge in [0.05, 0.1) is 22.3 Å². The molecule has 0 saturated heterocycles. The Morgan fingerprint density at radius 2 is 1.10 bits per heavy atom. The zero-order valence-corrected chi connectivity index (χ0v) is 41.2. The molecule has 0 fully saturated rings. The average molecular weight is 1010 g/mol. The standard InChI is InChI=1S/C58H60N3O.Pt/c1-55(2,3)42-26-27-45(38-22-17-14-18-23-38)51(36-42)61-50-25-19-24-46(52(50)60-54(61)47-34-44(57(7,8)9)35-48(53(47)62)58(10,11)12)40-30-41(32-43(31-40)56(4,5)6)49-33-39(28-29-59-49)37-20-15-13-16-21-37;/h13-29,31-36,62H,1-12H3;/q-1;. The number of nitrogens with zero attached hydrogens (tertiary/aromatic N) is 3. The Labute approximate surface area is 389 Å². The number of phenols is 1. The summed E-state index contributed by atoms with van der Waals surface area (Å²) in [5, 5.41) is 12.5. The Balaban J connectivity index is 0.00000595. The van der Waals surface area contributed by atoms with Crippen molar-refractivity contribution < 1.29 is 26.2 Å². The quantitative estimate of drug-likeness (QED) is 0.169. The summed E-state index contributed by atoms with van der Waals surface area (Å²) in [5.74, 6) is 0.944. The van der Waals surface area contributed by atoms with Crippen molar-refractivity contribution in [1.29, 1.82) is 0 Å². The number of phenolic OH excluding ortho intramolecular Hbond substituents is 1. The smallest absolute Gasteiger partial charge is 0.148 e. The number of para-hydroxylation sites is 1. The second-order valence-corrected chi connectivity index (χ2v) is 21.0. The van der Waals surface area contributed by atoms with E-state index in [0.29, 0.717) is 11.4 Å². The summed E-state index contributed by atoms with van der Waals surface area (Å²) in [5.41, 5.74) is 15.3. The number of hydrogen-bond acceptors (Lipinski definition) is 3. The first-order valence-electron chi connectivity index (χ1n) is 21.9. The van der Waals surface area contributed by atoms with E-state index in [1.807, 2.05) is 12.3 Å². The van der Waals surface area contributed by atoms with Gasteiger partial charge in [-0.05, 0) is 73.7 Å². The molecule has 8 rings (SSSR count). The summed E-state index contributed by atoms with van der Waals surface area (Å²) in [6.07, 6.45) is 1.89. The maximum atomic E-state index is 12.5. The Kier molecular flexibility index (Phi) is 12.2. The number of aromatic hydroxyl groups is 1. The van der Waals surface area contributed by atoms with Crippen LogP contribution < -0.4 is 0 Å². The molecule has 63 heavy (non-hydrogen) atoms. The first kappa shape index (κ1) is 45.5. The average Bonchev–Trinajstić information content (AvgIpc) is 3.62. The molecule has 8 aromatic rings. The van der Waals surface area contributed by atoms with Crippen LogP contribution in [0.2, 0.25) is 0 Å². The SMILES string of the molecule is CC(C)(C)c1cc(-c2cc(-c3ccccc3)ccn2)[c-]c(-c2cccc3c2nc(-c2cc(C(C)(C)C)cc(C(C)(C)C)c2O)n3-c2cc(C(C)(C)C)ccc2-c2ccccc2)c1.[Pt]. The second kappa shape index (κ2) is 16.9. The largest absolute Gasteiger partial charge is 0.507 e. The molecule has 0 aliphatic heterocycles. The number of fused-ring (bicyclic) bond motifs is 1. The molecule has 0 spiro atoms. The molecule has 0 aliphatic carbocycles. The minimum absolute atomic E-state index is 0. The first-order valence-corrected chi connectivity index (χ1v) is 21.9. The molecule has 5 heteroatoms. The van der Waals surface area contributed by atoms with Gasteiger partial charge in [0.15, 0.2) is 0 Å². The zero-order chi connectivity index (χ0) is 44.4. The molecule has 0 bridgehead atoms. The van der Waals surface area contributed by atoms with Crippen LogP contribution in [0, 0.1) is 6.07 Å². The molecule has 0 amide bonds. The van der Waals surface area contributed by atoms with Gasteiger partial charge < -0.3 is 5.11 Å². The van der Waals surface area contributed by atoms with Crippen LogP contribution >= 0.6 is 0 Å². The molecule has 0 aliphatic rings. The summed E-state index contributed by atoms with van der Waals surface area (Å²) in [4.78, 5) is 10.6. The zero-order valence-electron chi connectivity index (χ0n) is 38.9. The fourth-order valence-corrected chi connectivity index (χ4v) is 8.27. The van der Waals surface area contributed by atoms with Crippen LogP contribution in [0.15, 0.2) is 140 Å². The van der Waals surface area contributed by atoms with E-state index < -0.39 is 0 Å². The fourth-order valence-electron chi connectivity index (χ4n) is 8.27. The van der Waals surface area contributed by atoms with Crippen molar-refractivity contribution in [2.75, 3.05) is 0 Å². The maximum Gasteiger partial charge on any atom is 0.148 e. The number of benzene rings is 6. The molecule has 0 unspecified atom stereocenters. The summed E-state index contributed by atoms with van der Waals surface area (Å²) >= 11 is 0. The van der Waals surface area contributed by atoms with E-state index in [0.717, 1.165) is 72.5 Å². The molecule has 324 valence electrons.